The molecule has 0 aromatic carbocycles. The van der Waals surface area contributed by atoms with Crippen LogP contribution in [0.4, 0.5) is 4.79 Å². The molecule has 0 saturated carbocycles. The summed E-state index contributed by atoms with van der Waals surface area (Å²) < 4.78 is 0. The van der Waals surface area contributed by atoms with E-state index in [2.05, 4.69) is 10.6 Å². The predicted molar refractivity (Wildman–Crippen MR) is 50.7 cm³/mol. The van der Waals surface area contributed by atoms with Crippen molar-refractivity contribution in [3.8, 4) is 6.07 Å². The monoisotopic (exact) mass is 208 g/mol. The maximum absolute atomic E-state index is 11.9. The highest BCUT2D eigenvalue weighted by molar-refractivity contribution is 6.07. The van der Waals surface area contributed by atoms with Crippen LogP contribution in [0.3, 0.4) is 0 Å². The lowest BCUT2D eigenvalue weighted by Crippen LogP contribution is -2.57. The van der Waals surface area contributed by atoms with Gasteiger partial charge in [0.2, 0.25) is 0 Å². The van der Waals surface area contributed by atoms with Gasteiger partial charge in [0.1, 0.15) is 12.1 Å². The molecule has 2 rings (SSSR count). The molecule has 6 nitrogen and oxygen atoms in total. The van der Waals surface area contributed by atoms with E-state index in [4.69, 9.17) is 5.26 Å². The van der Waals surface area contributed by atoms with Gasteiger partial charge in [-0.05, 0) is 19.4 Å². The number of amides is 3. The van der Waals surface area contributed by atoms with Crippen molar-refractivity contribution in [3.05, 3.63) is 0 Å². The van der Waals surface area contributed by atoms with E-state index in [1.165, 1.54) is 0 Å². The normalized spacial score (nSPS) is 30.5. The van der Waals surface area contributed by atoms with E-state index in [0.29, 0.717) is 13.0 Å². The fourth-order valence-electron chi connectivity index (χ4n) is 2.09. The molecule has 1 spiro atoms. The van der Waals surface area contributed by atoms with Crippen molar-refractivity contribution in [2.75, 3.05) is 19.6 Å². The van der Waals surface area contributed by atoms with Crippen LogP contribution in [-0.2, 0) is 4.79 Å². The van der Waals surface area contributed by atoms with Crippen molar-refractivity contribution in [3.63, 3.8) is 0 Å². The number of carbonyl (C=O) groups excluding carboxylic acids is 2. The highest BCUT2D eigenvalue weighted by Crippen LogP contribution is 2.24. The van der Waals surface area contributed by atoms with Crippen LogP contribution in [0.5, 0.6) is 0 Å². The van der Waals surface area contributed by atoms with Gasteiger partial charge >= 0.3 is 6.03 Å². The van der Waals surface area contributed by atoms with E-state index in [0.717, 1.165) is 17.9 Å². The van der Waals surface area contributed by atoms with Crippen LogP contribution in [0.25, 0.3) is 0 Å². The largest absolute Gasteiger partial charge is 0.326 e. The first-order valence-electron chi connectivity index (χ1n) is 4.91. The average molecular weight is 208 g/mol. The second-order valence-corrected chi connectivity index (χ2v) is 3.84. The van der Waals surface area contributed by atoms with Crippen LogP contribution >= 0.6 is 0 Å². The van der Waals surface area contributed by atoms with Crippen LogP contribution in [0, 0.1) is 11.3 Å². The standard InChI is InChI=1S/C9H12N4O2/c10-3-5-13-7(14)9(12-8(13)15)2-1-4-11-6-9/h11H,1-2,4-6H2,(H,12,15). The van der Waals surface area contributed by atoms with E-state index in [9.17, 15) is 9.59 Å². The molecule has 3 amide bonds. The van der Waals surface area contributed by atoms with Gasteiger partial charge in [-0.2, -0.15) is 5.26 Å². The molecule has 1 atom stereocenters. The topological polar surface area (TPSA) is 85.2 Å². The summed E-state index contributed by atoms with van der Waals surface area (Å²) >= 11 is 0. The number of hydrogen-bond acceptors (Lipinski definition) is 4. The Morgan fingerprint density at radius 1 is 1.53 bits per heavy atom. The van der Waals surface area contributed by atoms with E-state index < -0.39 is 11.6 Å². The maximum Gasteiger partial charge on any atom is 0.326 e. The molecular formula is C9H12N4O2. The van der Waals surface area contributed by atoms with Crippen molar-refractivity contribution in [1.29, 1.82) is 5.26 Å². The minimum absolute atomic E-state index is 0.174. The molecule has 2 saturated heterocycles. The first-order valence-corrected chi connectivity index (χ1v) is 4.91. The van der Waals surface area contributed by atoms with Gasteiger partial charge in [0.15, 0.2) is 0 Å². The molecule has 1 unspecified atom stereocenters. The molecule has 6 heteroatoms. The van der Waals surface area contributed by atoms with Gasteiger partial charge < -0.3 is 10.6 Å². The van der Waals surface area contributed by atoms with Gasteiger partial charge in [-0.3, -0.25) is 4.79 Å². The molecule has 0 aliphatic carbocycles. The van der Waals surface area contributed by atoms with E-state index in [1.807, 2.05) is 6.07 Å². The molecular weight excluding hydrogens is 196 g/mol. The van der Waals surface area contributed by atoms with Crippen molar-refractivity contribution in [2.45, 2.75) is 18.4 Å². The number of urea groups is 1. The number of hydrogen-bond donors (Lipinski definition) is 2. The molecule has 2 fully saturated rings. The molecule has 2 aliphatic heterocycles. The number of nitriles is 1. The van der Waals surface area contributed by atoms with Gasteiger partial charge in [-0.1, -0.05) is 0 Å². The van der Waals surface area contributed by atoms with Crippen molar-refractivity contribution in [1.82, 2.24) is 15.5 Å². The predicted octanol–water partition coefficient (Wildman–Crippen LogP) is -0.816. The zero-order chi connectivity index (χ0) is 10.9. The van der Waals surface area contributed by atoms with Gasteiger partial charge in [0.25, 0.3) is 5.91 Å². The van der Waals surface area contributed by atoms with Gasteiger partial charge in [-0.25, -0.2) is 9.69 Å². The number of piperidine rings is 1. The lowest BCUT2D eigenvalue weighted by atomic mass is 9.90. The minimum atomic E-state index is -0.799. The Labute approximate surface area is 87.2 Å². The number of nitrogens with zero attached hydrogens (tertiary/aromatic N) is 2. The van der Waals surface area contributed by atoms with Crippen LogP contribution in [0.1, 0.15) is 12.8 Å². The Kier molecular flexibility index (Phi) is 2.32. The molecule has 0 radical (unpaired) electrons. The Hall–Kier alpha value is -1.61. The molecule has 0 aromatic rings. The summed E-state index contributed by atoms with van der Waals surface area (Å²) in [6.45, 7) is 1.15. The first-order chi connectivity index (χ1) is 7.19. The van der Waals surface area contributed by atoms with Crippen LogP contribution in [0.15, 0.2) is 0 Å². The van der Waals surface area contributed by atoms with Crippen molar-refractivity contribution in [2.24, 2.45) is 0 Å². The maximum atomic E-state index is 11.9. The van der Waals surface area contributed by atoms with Gasteiger partial charge in [-0.15, -0.1) is 0 Å². The second kappa shape index (κ2) is 3.51. The summed E-state index contributed by atoms with van der Waals surface area (Å²) in [5.74, 6) is -0.277. The smallest absolute Gasteiger partial charge is 0.322 e. The summed E-state index contributed by atoms with van der Waals surface area (Å²) in [4.78, 5) is 24.4. The Bertz CT molecular complexity index is 341. The molecule has 2 N–H and O–H groups in total. The summed E-state index contributed by atoms with van der Waals surface area (Å²) in [6, 6.07) is 1.36. The summed E-state index contributed by atoms with van der Waals surface area (Å²) in [5, 5.41) is 14.3. The molecule has 0 aromatic heterocycles. The van der Waals surface area contributed by atoms with Crippen molar-refractivity contribution >= 4 is 11.9 Å². The van der Waals surface area contributed by atoms with Crippen molar-refractivity contribution < 1.29 is 9.59 Å². The molecule has 0 bridgehead atoms. The number of rotatable bonds is 1. The number of nitrogens with one attached hydrogen (secondary N) is 2. The van der Waals surface area contributed by atoms with Crippen LogP contribution in [0.2, 0.25) is 0 Å². The lowest BCUT2D eigenvalue weighted by molar-refractivity contribution is -0.131. The lowest BCUT2D eigenvalue weighted by Gasteiger charge is -2.30. The Morgan fingerprint density at radius 2 is 2.33 bits per heavy atom. The highest BCUT2D eigenvalue weighted by atomic mass is 16.2. The zero-order valence-corrected chi connectivity index (χ0v) is 8.25. The summed E-state index contributed by atoms with van der Waals surface area (Å²) in [6.07, 6.45) is 1.50. The van der Waals surface area contributed by atoms with E-state index in [-0.39, 0.29) is 12.5 Å². The molecule has 80 valence electrons. The highest BCUT2D eigenvalue weighted by Gasteiger charge is 2.51. The van der Waals surface area contributed by atoms with Crippen LogP contribution < -0.4 is 10.6 Å². The minimum Gasteiger partial charge on any atom is -0.322 e. The average Bonchev–Trinajstić information content (AvgIpc) is 2.45. The first kappa shape index (κ1) is 9.93. The van der Waals surface area contributed by atoms with Gasteiger partial charge in [0.05, 0.1) is 6.07 Å². The molecule has 2 aliphatic rings. The molecule has 15 heavy (non-hydrogen) atoms. The fraction of sp³-hybridized carbons (Fsp3) is 0.667. The number of imide groups is 1. The fourth-order valence-corrected chi connectivity index (χ4v) is 2.09. The Balaban J connectivity index is 2.20. The van der Waals surface area contributed by atoms with Crippen LogP contribution in [-0.4, -0.2) is 42.0 Å². The quantitative estimate of drug-likeness (QED) is 0.435. The van der Waals surface area contributed by atoms with Gasteiger partial charge in [0, 0.05) is 6.54 Å². The number of carbonyl (C=O) groups is 2. The van der Waals surface area contributed by atoms with E-state index in [1.54, 1.807) is 0 Å². The SMILES string of the molecule is N#CCN1C(=O)NC2(CCCNC2)C1=O. The summed E-state index contributed by atoms with van der Waals surface area (Å²) in [5.41, 5.74) is -0.799. The second-order valence-electron chi connectivity index (χ2n) is 3.84. The third-order valence-corrected chi connectivity index (χ3v) is 2.86. The summed E-state index contributed by atoms with van der Waals surface area (Å²) in [7, 11) is 0. The molecule has 2 heterocycles. The third-order valence-electron chi connectivity index (χ3n) is 2.86. The van der Waals surface area contributed by atoms with E-state index >= 15 is 0 Å². The third kappa shape index (κ3) is 1.45. The zero-order valence-electron chi connectivity index (χ0n) is 8.25. The Morgan fingerprint density at radius 3 is 2.93 bits per heavy atom.